The van der Waals surface area contributed by atoms with Crippen molar-refractivity contribution in [2.45, 2.75) is 12.3 Å². The van der Waals surface area contributed by atoms with Crippen LogP contribution < -0.4 is 0 Å². The number of carbonyl (C=O) groups is 2. The third kappa shape index (κ3) is 2.65. The maximum absolute atomic E-state index is 12.4. The molecule has 0 aliphatic heterocycles. The molecular formula is C18H18O4. The highest BCUT2D eigenvalue weighted by molar-refractivity contribution is 5.94. The molecule has 114 valence electrons. The van der Waals surface area contributed by atoms with E-state index in [0.717, 1.165) is 0 Å². The van der Waals surface area contributed by atoms with E-state index >= 15 is 0 Å². The number of benzene rings is 2. The van der Waals surface area contributed by atoms with E-state index in [1.165, 1.54) is 14.0 Å². The molecule has 0 radical (unpaired) electrons. The summed E-state index contributed by atoms with van der Waals surface area (Å²) in [5, 5.41) is 10.00. The van der Waals surface area contributed by atoms with Gasteiger partial charge in [-0.2, -0.15) is 0 Å². The minimum absolute atomic E-state index is 0.0565. The number of esters is 1. The van der Waals surface area contributed by atoms with Crippen LogP contribution in [0.5, 0.6) is 0 Å². The molecule has 1 unspecified atom stereocenters. The Balaban J connectivity index is 2.63. The topological polar surface area (TPSA) is 63.6 Å². The number of ketones is 1. The molecule has 0 saturated carbocycles. The van der Waals surface area contributed by atoms with Crippen molar-refractivity contribution in [3.05, 3.63) is 71.3 Å². The molecule has 0 fully saturated rings. The van der Waals surface area contributed by atoms with Crippen LogP contribution in [0, 0.1) is 0 Å². The first-order valence-corrected chi connectivity index (χ1v) is 6.92. The van der Waals surface area contributed by atoms with Gasteiger partial charge in [-0.3, -0.25) is 9.59 Å². The number of aliphatic hydroxyl groups excluding tert-OH is 1. The van der Waals surface area contributed by atoms with Crippen molar-refractivity contribution >= 4 is 11.8 Å². The van der Waals surface area contributed by atoms with E-state index in [0.29, 0.717) is 16.7 Å². The summed E-state index contributed by atoms with van der Waals surface area (Å²) in [4.78, 5) is 23.8. The molecular weight excluding hydrogens is 280 g/mol. The summed E-state index contributed by atoms with van der Waals surface area (Å²) in [6.45, 7) is 1.05. The van der Waals surface area contributed by atoms with Gasteiger partial charge in [-0.15, -0.1) is 0 Å². The highest BCUT2D eigenvalue weighted by atomic mass is 16.5. The smallest absolute Gasteiger partial charge is 0.323 e. The largest absolute Gasteiger partial charge is 0.468 e. The van der Waals surface area contributed by atoms with Gasteiger partial charge in [0.25, 0.3) is 0 Å². The van der Waals surface area contributed by atoms with Crippen LogP contribution in [0.25, 0.3) is 0 Å². The molecule has 0 heterocycles. The van der Waals surface area contributed by atoms with Crippen LogP contribution in [0.2, 0.25) is 0 Å². The quantitative estimate of drug-likeness (QED) is 0.680. The Kier molecular flexibility index (Phi) is 4.73. The van der Waals surface area contributed by atoms with Crippen molar-refractivity contribution in [3.63, 3.8) is 0 Å². The minimum Gasteiger partial charge on any atom is -0.468 e. The zero-order valence-electron chi connectivity index (χ0n) is 12.6. The molecule has 4 heteroatoms. The number of rotatable bonds is 5. The summed E-state index contributed by atoms with van der Waals surface area (Å²) in [7, 11) is 1.29. The predicted octanol–water partition coefficient (Wildman–Crippen LogP) is 2.34. The summed E-state index contributed by atoms with van der Waals surface area (Å²) < 4.78 is 4.93. The molecule has 0 saturated heterocycles. The molecule has 2 aromatic carbocycles. The molecule has 0 amide bonds. The Bertz CT molecular complexity index is 661. The summed E-state index contributed by atoms with van der Waals surface area (Å²) in [5.74, 6) is -0.601. The number of hydrogen-bond acceptors (Lipinski definition) is 4. The van der Waals surface area contributed by atoms with Gasteiger partial charge in [0.15, 0.2) is 5.78 Å². The van der Waals surface area contributed by atoms with Crippen LogP contribution >= 0.6 is 0 Å². The lowest BCUT2D eigenvalue weighted by atomic mass is 9.75. The molecule has 4 nitrogen and oxygen atoms in total. The SMILES string of the molecule is COC(=O)C(CO)(c1ccccc1)c1ccc(C(C)=O)cc1. The van der Waals surface area contributed by atoms with Crippen LogP contribution in [0.4, 0.5) is 0 Å². The molecule has 0 aliphatic rings. The number of Topliss-reactive ketones (excluding diaryl/α,β-unsaturated/α-hetero) is 1. The fourth-order valence-corrected chi connectivity index (χ4v) is 2.54. The standard InChI is InChI=1S/C18H18O4/c1-13(20)14-8-10-16(11-9-14)18(12-19,17(21)22-2)15-6-4-3-5-7-15/h3-11,19H,12H2,1-2H3. The van der Waals surface area contributed by atoms with Crippen LogP contribution in [0.15, 0.2) is 54.6 Å². The van der Waals surface area contributed by atoms with E-state index < -0.39 is 18.0 Å². The molecule has 0 aliphatic carbocycles. The zero-order valence-corrected chi connectivity index (χ0v) is 12.6. The zero-order chi connectivity index (χ0) is 16.2. The summed E-state index contributed by atoms with van der Waals surface area (Å²) >= 11 is 0. The average Bonchev–Trinajstić information content (AvgIpc) is 2.57. The van der Waals surface area contributed by atoms with Gasteiger partial charge in [0.2, 0.25) is 0 Å². The van der Waals surface area contributed by atoms with Crippen molar-refractivity contribution in [1.82, 2.24) is 0 Å². The lowest BCUT2D eigenvalue weighted by Gasteiger charge is -2.30. The summed E-state index contributed by atoms with van der Waals surface area (Å²) in [6, 6.07) is 15.6. The first-order valence-electron chi connectivity index (χ1n) is 6.92. The van der Waals surface area contributed by atoms with Gasteiger partial charge in [-0.25, -0.2) is 0 Å². The number of hydrogen-bond donors (Lipinski definition) is 1. The lowest BCUT2D eigenvalue weighted by molar-refractivity contribution is -0.147. The predicted molar refractivity (Wildman–Crippen MR) is 82.8 cm³/mol. The Morgan fingerprint density at radius 2 is 1.55 bits per heavy atom. The van der Waals surface area contributed by atoms with E-state index in [9.17, 15) is 14.7 Å². The van der Waals surface area contributed by atoms with Crippen LogP contribution in [-0.4, -0.2) is 30.6 Å². The van der Waals surface area contributed by atoms with Gasteiger partial charge in [0.1, 0.15) is 5.41 Å². The maximum atomic E-state index is 12.4. The molecule has 0 bridgehead atoms. The van der Waals surface area contributed by atoms with Gasteiger partial charge in [0.05, 0.1) is 13.7 Å². The van der Waals surface area contributed by atoms with E-state index in [1.54, 1.807) is 48.5 Å². The van der Waals surface area contributed by atoms with Crippen molar-refractivity contribution in [1.29, 1.82) is 0 Å². The normalized spacial score (nSPS) is 13.2. The van der Waals surface area contributed by atoms with Gasteiger partial charge in [-0.05, 0) is 18.1 Å². The van der Waals surface area contributed by atoms with Crippen LogP contribution in [0.3, 0.4) is 0 Å². The lowest BCUT2D eigenvalue weighted by Crippen LogP contribution is -2.41. The number of ether oxygens (including phenoxy) is 1. The first-order chi connectivity index (χ1) is 10.6. The highest BCUT2D eigenvalue weighted by Crippen LogP contribution is 2.33. The monoisotopic (exact) mass is 298 g/mol. The molecule has 2 aromatic rings. The van der Waals surface area contributed by atoms with Crippen LogP contribution in [0.1, 0.15) is 28.4 Å². The number of carbonyl (C=O) groups excluding carboxylic acids is 2. The Morgan fingerprint density at radius 3 is 2.00 bits per heavy atom. The van der Waals surface area contributed by atoms with E-state index in [1.807, 2.05) is 6.07 Å². The fraction of sp³-hybridized carbons (Fsp3) is 0.222. The second kappa shape index (κ2) is 6.54. The summed E-state index contributed by atoms with van der Waals surface area (Å²) in [6.07, 6.45) is 0. The molecule has 22 heavy (non-hydrogen) atoms. The third-order valence-electron chi connectivity index (χ3n) is 3.82. The fourth-order valence-electron chi connectivity index (χ4n) is 2.54. The maximum Gasteiger partial charge on any atom is 0.323 e. The first kappa shape index (κ1) is 15.9. The van der Waals surface area contributed by atoms with E-state index in [4.69, 9.17) is 4.74 Å². The average molecular weight is 298 g/mol. The number of methoxy groups -OCH3 is 1. The molecule has 0 aromatic heterocycles. The Morgan fingerprint density at radius 1 is 1.00 bits per heavy atom. The Labute approximate surface area is 129 Å². The molecule has 2 rings (SSSR count). The second-order valence-electron chi connectivity index (χ2n) is 5.05. The molecule has 1 N–H and O–H groups in total. The van der Waals surface area contributed by atoms with Gasteiger partial charge in [0, 0.05) is 5.56 Å². The van der Waals surface area contributed by atoms with E-state index in [-0.39, 0.29) is 5.78 Å². The third-order valence-corrected chi connectivity index (χ3v) is 3.82. The van der Waals surface area contributed by atoms with Gasteiger partial charge >= 0.3 is 5.97 Å². The van der Waals surface area contributed by atoms with Crippen molar-refractivity contribution in [2.24, 2.45) is 0 Å². The Hall–Kier alpha value is -2.46. The van der Waals surface area contributed by atoms with Gasteiger partial charge in [-0.1, -0.05) is 54.6 Å². The van der Waals surface area contributed by atoms with Gasteiger partial charge < -0.3 is 9.84 Å². The van der Waals surface area contributed by atoms with Crippen molar-refractivity contribution < 1.29 is 19.4 Å². The summed E-state index contributed by atoms with van der Waals surface area (Å²) in [5.41, 5.74) is 0.470. The number of aliphatic hydroxyl groups is 1. The highest BCUT2D eigenvalue weighted by Gasteiger charge is 2.42. The molecule has 1 atom stereocenters. The second-order valence-corrected chi connectivity index (χ2v) is 5.05. The van der Waals surface area contributed by atoms with Crippen molar-refractivity contribution in [3.8, 4) is 0 Å². The van der Waals surface area contributed by atoms with Crippen LogP contribution in [-0.2, 0) is 14.9 Å². The van der Waals surface area contributed by atoms with Crippen molar-refractivity contribution in [2.75, 3.05) is 13.7 Å². The minimum atomic E-state index is -1.30. The molecule has 0 spiro atoms. The van der Waals surface area contributed by atoms with E-state index in [2.05, 4.69) is 0 Å².